The molecule has 0 radical (unpaired) electrons. The lowest BCUT2D eigenvalue weighted by Crippen LogP contribution is -2.55. The van der Waals surface area contributed by atoms with Crippen LogP contribution in [0.1, 0.15) is 97.3 Å². The largest absolute Gasteiger partial charge is 0.454 e. The van der Waals surface area contributed by atoms with E-state index in [1.54, 1.807) is 0 Å². The Morgan fingerprint density at radius 2 is 1.86 bits per heavy atom. The highest BCUT2D eigenvalue weighted by molar-refractivity contribution is 6.43. The minimum Gasteiger partial charge on any atom is -0.427 e. The number of hydrazine groups is 1. The Morgan fingerprint density at radius 1 is 1.07 bits per heavy atom. The first kappa shape index (κ1) is 33.1. The fourth-order valence-corrected chi connectivity index (χ4v) is 8.56. The van der Waals surface area contributed by atoms with Crippen LogP contribution in [0.2, 0.25) is 5.82 Å². The molecule has 7 unspecified atom stereocenters. The van der Waals surface area contributed by atoms with E-state index in [-0.39, 0.29) is 59.4 Å². The number of hydrogen-bond acceptors (Lipinski definition) is 9. The van der Waals surface area contributed by atoms with Crippen molar-refractivity contribution in [1.29, 1.82) is 0 Å². The second-order valence-corrected chi connectivity index (χ2v) is 14.0. The van der Waals surface area contributed by atoms with Crippen molar-refractivity contribution in [2.75, 3.05) is 13.2 Å². The van der Waals surface area contributed by atoms with E-state index in [9.17, 15) is 19.6 Å². The van der Waals surface area contributed by atoms with Crippen molar-refractivity contribution in [3.8, 4) is 0 Å². The second-order valence-electron chi connectivity index (χ2n) is 13.4. The molecule has 8 atom stereocenters. The number of carbonyl (C=O) groups is 2. The van der Waals surface area contributed by atoms with E-state index in [4.69, 9.17) is 21.3 Å². The van der Waals surface area contributed by atoms with Crippen molar-refractivity contribution < 1.29 is 24.4 Å². The van der Waals surface area contributed by atoms with Crippen LogP contribution in [0.25, 0.3) is 0 Å². The molecule has 0 bridgehead atoms. The molecule has 3 aliphatic carbocycles. The van der Waals surface area contributed by atoms with E-state index in [0.29, 0.717) is 44.4 Å². The summed E-state index contributed by atoms with van der Waals surface area (Å²) in [7, 11) is -1.32. The third-order valence-corrected chi connectivity index (χ3v) is 10.9. The summed E-state index contributed by atoms with van der Waals surface area (Å²) >= 11 is 6.51. The Balaban J connectivity index is 1.25. The average molecular weight is 623 g/mol. The number of halogens is 1. The predicted octanol–water partition coefficient (Wildman–Crippen LogP) is 2.06. The van der Waals surface area contributed by atoms with Crippen molar-refractivity contribution in [1.82, 2.24) is 26.4 Å². The van der Waals surface area contributed by atoms with Gasteiger partial charge in [0.2, 0.25) is 11.8 Å². The van der Waals surface area contributed by atoms with Crippen LogP contribution >= 0.6 is 11.6 Å². The van der Waals surface area contributed by atoms with Crippen LogP contribution in [0.4, 0.5) is 0 Å². The van der Waals surface area contributed by atoms with Crippen LogP contribution in [-0.4, -0.2) is 94.7 Å². The van der Waals surface area contributed by atoms with Gasteiger partial charge in [0.1, 0.15) is 0 Å². The highest BCUT2D eigenvalue weighted by atomic mass is 35.5. The van der Waals surface area contributed by atoms with Gasteiger partial charge in [0.25, 0.3) is 0 Å². The molecule has 2 heterocycles. The van der Waals surface area contributed by atoms with Gasteiger partial charge in [0, 0.05) is 42.1 Å². The van der Waals surface area contributed by atoms with E-state index in [1.165, 1.54) is 5.71 Å². The van der Waals surface area contributed by atoms with E-state index < -0.39 is 7.12 Å². The number of amides is 2. The van der Waals surface area contributed by atoms with Crippen LogP contribution in [0, 0.1) is 11.8 Å². The van der Waals surface area contributed by atoms with Crippen LogP contribution in [0.15, 0.2) is 4.99 Å². The molecule has 0 aromatic rings. The van der Waals surface area contributed by atoms with E-state index in [2.05, 4.69) is 33.3 Å². The summed E-state index contributed by atoms with van der Waals surface area (Å²) < 4.78 is 6.38. The van der Waals surface area contributed by atoms with Crippen molar-refractivity contribution in [3.05, 3.63) is 0 Å². The van der Waals surface area contributed by atoms with Gasteiger partial charge >= 0.3 is 7.12 Å². The molecule has 43 heavy (non-hydrogen) atoms. The molecule has 1 saturated heterocycles. The lowest BCUT2D eigenvalue weighted by Gasteiger charge is -2.44. The molecular weight excluding hydrogens is 571 g/mol. The van der Waals surface area contributed by atoms with Gasteiger partial charge in [0.15, 0.2) is 0 Å². The molecule has 6 N–H and O–H groups in total. The zero-order valence-corrected chi connectivity index (χ0v) is 26.6. The summed E-state index contributed by atoms with van der Waals surface area (Å²) in [6, 6.07) is 0.0903. The van der Waals surface area contributed by atoms with Gasteiger partial charge in [0.05, 0.1) is 37.5 Å². The van der Waals surface area contributed by atoms with Crippen LogP contribution in [-0.2, 0) is 14.3 Å². The molecule has 5 aliphatic rings. The van der Waals surface area contributed by atoms with Gasteiger partial charge in [-0.3, -0.25) is 19.5 Å². The molecule has 5 rings (SSSR count). The lowest BCUT2D eigenvalue weighted by atomic mass is 9.64. The molecule has 2 amide bonds. The van der Waals surface area contributed by atoms with Crippen molar-refractivity contribution >= 4 is 36.2 Å². The Bertz CT molecular complexity index is 985. The van der Waals surface area contributed by atoms with E-state index in [0.717, 1.165) is 64.2 Å². The average Bonchev–Trinajstić information content (AvgIpc) is 3.30. The molecule has 0 spiro atoms. The number of carbonyl (C=O) groups excluding carboxylic acids is 2. The Morgan fingerprint density at radius 3 is 2.60 bits per heavy atom. The number of nitrogens with one attached hydrogen (secondary N) is 4. The third kappa shape index (κ3) is 8.31. The van der Waals surface area contributed by atoms with Crippen molar-refractivity contribution in [3.63, 3.8) is 0 Å². The van der Waals surface area contributed by atoms with Gasteiger partial charge < -0.3 is 25.4 Å². The fraction of sp³-hybridized carbons (Fsp3) is 0.900. The second kappa shape index (κ2) is 15.3. The monoisotopic (exact) mass is 622 g/mol. The van der Waals surface area contributed by atoms with Gasteiger partial charge in [-0.05, 0) is 83.4 Å². The number of ether oxygens (including phenoxy) is 1. The number of hydrogen-bond donors (Lipinski definition) is 6. The zero-order valence-electron chi connectivity index (χ0n) is 25.8. The van der Waals surface area contributed by atoms with Crippen LogP contribution < -0.4 is 21.5 Å². The Labute approximate surface area is 261 Å². The normalized spacial score (nSPS) is 38.3. The first-order valence-corrected chi connectivity index (χ1v) is 17.2. The highest BCUT2D eigenvalue weighted by Gasteiger charge is 2.50. The number of alkyl halides is 1. The van der Waals surface area contributed by atoms with Crippen LogP contribution in [0.3, 0.4) is 0 Å². The summed E-state index contributed by atoms with van der Waals surface area (Å²) in [6.07, 6.45) is 10.7. The molecule has 11 nitrogen and oxygen atoms in total. The van der Waals surface area contributed by atoms with Gasteiger partial charge in [-0.15, -0.1) is 11.6 Å². The molecule has 0 aromatic carbocycles. The maximum absolute atomic E-state index is 12.8. The summed E-state index contributed by atoms with van der Waals surface area (Å²) in [4.78, 5) is 33.5. The van der Waals surface area contributed by atoms with E-state index in [1.807, 2.05) is 6.92 Å². The molecule has 242 valence electrons. The number of fused-ring (bicyclic) bond motifs is 3. The molecular formula is C30H52BClN6O5. The zero-order chi connectivity index (χ0) is 30.5. The maximum Gasteiger partial charge on any atom is 0.454 e. The first-order chi connectivity index (χ1) is 20.7. The minimum absolute atomic E-state index is 0.0127. The fourth-order valence-electron chi connectivity index (χ4n) is 8.31. The quantitative estimate of drug-likeness (QED) is 0.160. The number of nitrogens with zero attached hydrogens (tertiary/aromatic N) is 2. The SMILES string of the molecule is CCNC(=O)C[C@@H]1N=C(C2CCC(Cl)CC2)C2CC(OCCC(=O)NC3CCCC(B(O)O)C3)CCC2N2C(C)NNC12. The van der Waals surface area contributed by atoms with Crippen LogP contribution in [0.5, 0.6) is 0 Å². The molecule has 4 fully saturated rings. The van der Waals surface area contributed by atoms with Crippen molar-refractivity contribution in [2.24, 2.45) is 16.8 Å². The first-order valence-electron chi connectivity index (χ1n) is 16.8. The Kier molecular flexibility index (Phi) is 11.8. The van der Waals surface area contributed by atoms with Crippen molar-refractivity contribution in [2.45, 2.75) is 145 Å². The van der Waals surface area contributed by atoms with Gasteiger partial charge in [-0.25, -0.2) is 10.9 Å². The topological polar surface area (TPSA) is 148 Å². The maximum atomic E-state index is 12.8. The molecule has 3 saturated carbocycles. The standard InChI is InChI=1S/C30H52BClN6O5/c1-3-33-28(40)17-25-30-37-36-18(2)38(30)26-12-11-23(16-24(26)29(35-25)19-7-9-21(32)10-8-19)43-14-13-27(39)34-22-6-4-5-20(15-22)31(41)42/h18-26,30,36-37,41-42H,3-17H2,1-2H3,(H,33,40)(H,34,39)/t18?,19?,20?,21?,22?,23?,24?,25-,26?,30?/m0/s1. The van der Waals surface area contributed by atoms with Gasteiger partial charge in [-0.2, -0.15) is 0 Å². The lowest BCUT2D eigenvalue weighted by molar-refractivity contribution is -0.124. The number of aliphatic imine (C=N–C) groups is 1. The summed E-state index contributed by atoms with van der Waals surface area (Å²) in [5, 5.41) is 25.4. The smallest absolute Gasteiger partial charge is 0.427 e. The van der Waals surface area contributed by atoms with Gasteiger partial charge in [-0.1, -0.05) is 12.8 Å². The predicted molar refractivity (Wildman–Crippen MR) is 167 cm³/mol. The summed E-state index contributed by atoms with van der Waals surface area (Å²) in [6.45, 7) is 5.09. The summed E-state index contributed by atoms with van der Waals surface area (Å²) in [5.74, 6) is 0.398. The molecule has 2 aliphatic heterocycles. The molecule has 0 aromatic heterocycles. The van der Waals surface area contributed by atoms with E-state index >= 15 is 0 Å². The third-order valence-electron chi connectivity index (χ3n) is 10.4. The summed E-state index contributed by atoms with van der Waals surface area (Å²) in [5.41, 5.74) is 8.13. The minimum atomic E-state index is -1.32. The Hall–Kier alpha value is -1.28. The molecule has 13 heteroatoms. The highest BCUT2D eigenvalue weighted by Crippen LogP contribution is 2.42. The number of rotatable bonds is 10.